The number of rotatable bonds is 12. The van der Waals surface area contributed by atoms with Gasteiger partial charge in [0.2, 0.25) is 0 Å². The number of benzene rings is 10. The molecule has 70 heavy (non-hydrogen) atoms. The van der Waals surface area contributed by atoms with Crippen LogP contribution in [0.1, 0.15) is 22.3 Å². The van der Waals surface area contributed by atoms with Gasteiger partial charge in [0, 0.05) is 0 Å². The zero-order valence-corrected chi connectivity index (χ0v) is 49.7. The van der Waals surface area contributed by atoms with Gasteiger partial charge in [-0.2, -0.15) is 0 Å². The number of para-hydroxylation sites is 2. The van der Waals surface area contributed by atoms with Crippen molar-refractivity contribution >= 4 is 50.7 Å². The number of halogens is 2. The molecule has 2 aliphatic rings. The third kappa shape index (κ3) is 10.7. The fourth-order valence-corrected chi connectivity index (χ4v) is 65.8. The van der Waals surface area contributed by atoms with E-state index in [1.165, 1.54) is 44.8 Å². The Balaban J connectivity index is 0.000000169. The number of nitrogens with one attached hydrogen (secondary N) is 2. The van der Waals surface area contributed by atoms with Crippen molar-refractivity contribution in [1.29, 1.82) is 0 Å². The molecule has 0 fully saturated rings. The molecule has 2 N–H and O–H groups in total. The van der Waals surface area contributed by atoms with Crippen LogP contribution in [0.4, 0.5) is 11.4 Å². The van der Waals surface area contributed by atoms with E-state index in [0.717, 1.165) is 12.8 Å². The van der Waals surface area contributed by atoms with Crippen LogP contribution in [0.5, 0.6) is 0 Å². The Hall–Kier alpha value is -5.45. The normalized spacial score (nSPS) is 11.3. The first-order valence-corrected chi connectivity index (χ1v) is 46.8. The second kappa shape index (κ2) is 23.6. The van der Waals surface area contributed by atoms with Crippen molar-refractivity contribution in [3.63, 3.8) is 0 Å². The van der Waals surface area contributed by atoms with Crippen LogP contribution in [-0.2, 0) is 54.6 Å². The summed E-state index contributed by atoms with van der Waals surface area (Å²) in [7, 11) is 0. The van der Waals surface area contributed by atoms with Crippen LogP contribution in [0.3, 0.4) is 0 Å². The maximum atomic E-state index is 4.22. The van der Waals surface area contributed by atoms with Gasteiger partial charge in [0.25, 0.3) is 0 Å². The van der Waals surface area contributed by atoms with Crippen molar-refractivity contribution in [1.82, 2.24) is 0 Å². The van der Waals surface area contributed by atoms with Gasteiger partial charge in [-0.15, -0.1) is 0 Å². The molecule has 340 valence electrons. The Morgan fingerprint density at radius 2 is 0.543 bits per heavy atom. The van der Waals surface area contributed by atoms with E-state index < -0.39 is 53.8 Å². The molecule has 12 rings (SSSR count). The summed E-state index contributed by atoms with van der Waals surface area (Å²) in [6, 6.07) is 99.2. The minimum absolute atomic E-state index is 0. The van der Waals surface area contributed by atoms with Crippen LogP contribution >= 0.6 is 0 Å². The zero-order valence-electron chi connectivity index (χ0n) is 38.7. The topological polar surface area (TPSA) is 24.1 Å². The molecule has 0 atom stereocenters. The summed E-state index contributed by atoms with van der Waals surface area (Å²) in [4.78, 5) is 0. The van der Waals surface area contributed by atoms with E-state index in [1.807, 2.05) is 0 Å². The summed E-state index contributed by atoms with van der Waals surface area (Å²) in [6.45, 7) is 0. The van der Waals surface area contributed by atoms with Gasteiger partial charge in [0.1, 0.15) is 0 Å². The van der Waals surface area contributed by atoms with Crippen molar-refractivity contribution in [2.75, 3.05) is 6.61 Å². The van der Waals surface area contributed by atoms with Gasteiger partial charge in [0.15, 0.2) is 0 Å². The van der Waals surface area contributed by atoms with E-state index in [4.69, 9.17) is 0 Å². The van der Waals surface area contributed by atoms with Crippen LogP contribution in [0.15, 0.2) is 267 Å². The number of fused-ring (bicyclic) bond motifs is 6. The predicted molar refractivity (Wildman–Crippen MR) is 287 cm³/mol. The summed E-state index contributed by atoms with van der Waals surface area (Å²) in [5, 5.41) is 6.19. The molecule has 8 heteroatoms. The Morgan fingerprint density at radius 3 is 0.871 bits per heavy atom. The van der Waals surface area contributed by atoms with Gasteiger partial charge in [-0.3, -0.25) is 0 Å². The molecule has 0 bridgehead atoms. The summed E-state index contributed by atoms with van der Waals surface area (Å²) >= 11 is -5.37. The molecule has 0 unspecified atom stereocenters. The summed E-state index contributed by atoms with van der Waals surface area (Å²) in [5.41, 5.74) is 14.3. The fourth-order valence-electron chi connectivity index (χ4n) is 10.4. The quantitative estimate of drug-likeness (QED) is 0.180. The molecule has 0 saturated carbocycles. The van der Waals surface area contributed by atoms with Crippen molar-refractivity contribution in [2.24, 2.45) is 0 Å². The minimum atomic E-state index is -2.68. The van der Waals surface area contributed by atoms with Crippen LogP contribution in [0.25, 0.3) is 22.3 Å². The second-order valence-electron chi connectivity index (χ2n) is 17.6. The molecule has 0 aromatic heterocycles. The van der Waals surface area contributed by atoms with Gasteiger partial charge in [-0.05, 0) is 0 Å². The fraction of sp³-hybridized carbons (Fsp3) is 0.0323. The van der Waals surface area contributed by atoms with Gasteiger partial charge < -0.3 is 24.8 Å². The third-order valence-electron chi connectivity index (χ3n) is 13.5. The number of anilines is 2. The Kier molecular flexibility index (Phi) is 16.7. The van der Waals surface area contributed by atoms with Crippen LogP contribution in [0.2, 0.25) is 0 Å². The molecule has 0 radical (unpaired) electrons. The van der Waals surface area contributed by atoms with E-state index in [-0.39, 0.29) is 24.8 Å². The third-order valence-corrected chi connectivity index (χ3v) is 64.7. The molecule has 2 aliphatic carbocycles. The Labute approximate surface area is 443 Å². The Morgan fingerprint density at radius 1 is 0.271 bits per heavy atom. The van der Waals surface area contributed by atoms with Gasteiger partial charge >= 0.3 is 423 Å². The average molecular weight is 1310 g/mol. The first-order valence-electron chi connectivity index (χ1n) is 23.8. The molecule has 0 spiro atoms. The van der Waals surface area contributed by atoms with Crippen molar-refractivity contribution in [3.8, 4) is 22.3 Å². The summed E-state index contributed by atoms with van der Waals surface area (Å²) in [5.74, 6) is -2.98. The second-order valence-corrected chi connectivity index (χ2v) is 55.6. The van der Waals surface area contributed by atoms with Gasteiger partial charge in [-0.25, -0.2) is 0 Å². The van der Waals surface area contributed by atoms with E-state index in [0.29, 0.717) is 0 Å². The van der Waals surface area contributed by atoms with E-state index in [2.05, 4.69) is 274 Å². The molecule has 0 heterocycles. The van der Waals surface area contributed by atoms with Gasteiger partial charge in [0.05, 0.1) is 0 Å². The van der Waals surface area contributed by atoms with Crippen molar-refractivity contribution in [3.05, 3.63) is 289 Å². The van der Waals surface area contributed by atoms with E-state index in [1.54, 1.807) is 38.5 Å². The zero-order chi connectivity index (χ0) is 45.5. The van der Waals surface area contributed by atoms with Crippen LogP contribution in [-0.4, -0.2) is 12.0 Å². The van der Waals surface area contributed by atoms with E-state index >= 15 is 0 Å². The molecular formula is C62H52Cl2Hf2N2Si2. The molecule has 10 aromatic carbocycles. The number of hydrogen-bond acceptors (Lipinski definition) is 2. The molecule has 0 saturated heterocycles. The molecule has 0 amide bonds. The summed E-state index contributed by atoms with van der Waals surface area (Å²) < 4.78 is 11.7. The maximum absolute atomic E-state index is 4.22. The number of hydrogen-bond donors (Lipinski definition) is 2. The predicted octanol–water partition coefficient (Wildman–Crippen LogP) is 4.14. The van der Waals surface area contributed by atoms with Crippen molar-refractivity contribution < 1.29 is 66.6 Å². The van der Waals surface area contributed by atoms with Gasteiger partial charge in [-0.1, -0.05) is 0 Å². The molecule has 2 nitrogen and oxygen atoms in total. The van der Waals surface area contributed by atoms with Crippen molar-refractivity contribution in [2.45, 2.75) is 12.8 Å². The average Bonchev–Trinajstić information content (AvgIpc) is 4.00. The first kappa shape index (κ1) is 49.5. The van der Waals surface area contributed by atoms with E-state index in [9.17, 15) is 0 Å². The standard InChI is InChI=1S/2C13H9.2C12H11Si.2C6H6N.2ClH.2Hf/c2*1-3-7-12-10(5-1)9-11-6-2-4-8-13(11)12;2*1-3-7-11(8-4-1)13-12-9-5-2-6-10-12;2*7-6-4-2-1-3-5-6;;;;/h2*1-5,7-8H,9H2;2*1-10,13H;2*1-5,7H;2*1H;;/q;;;;2*-1;;;2*+2/p-2. The summed E-state index contributed by atoms with van der Waals surface area (Å²) in [6.07, 6.45) is 2.11. The van der Waals surface area contributed by atoms with Crippen LogP contribution in [0, 0.1) is 0 Å². The first-order chi connectivity index (χ1) is 33.8. The SMILES string of the molecule is [Cl-].[Cl-].c1ccc([NH][Hf+]([c]2cccc3c2Cc2ccccc2-3)[SiH](c2ccccc2)c2ccccc2)cc1.c1ccc([NH][Hf+]([c]2cccc3c2Cc2ccccc2-3)[SiH](c2ccccc2)c2ccccc2)cc1. The van der Waals surface area contributed by atoms with Crippen LogP contribution < -0.4 is 58.8 Å². The molecule has 10 aromatic rings. The molecule has 0 aliphatic heterocycles. The monoisotopic (exact) mass is 1310 g/mol. The molecular weight excluding hydrogens is 1260 g/mol. The Bertz CT molecular complexity index is 2960.